The second-order valence-corrected chi connectivity index (χ2v) is 28.7. The van der Waals surface area contributed by atoms with Crippen LogP contribution < -0.4 is 0 Å². The standard InChI is InChI=1S/2C13H15.C3H8Si.Hf/c2*1-9(2)12-6-4-5-11-7-10(3)8-13(11)12;1-2-3-4;/h2*4-9H,1-3H3;4H,2-3H2,1H3;. The van der Waals surface area contributed by atoms with Crippen molar-refractivity contribution >= 4 is 18.4 Å². The first-order valence-corrected chi connectivity index (χ1v) is 23.9. The van der Waals surface area contributed by atoms with E-state index < -0.39 is 20.1 Å². The quantitative estimate of drug-likeness (QED) is 0.296. The molecular weight excluding hydrogens is 555 g/mol. The third-order valence-electron chi connectivity index (χ3n) is 7.20. The van der Waals surface area contributed by atoms with Gasteiger partial charge in [-0.1, -0.05) is 0 Å². The molecule has 0 N–H and O–H groups in total. The Morgan fingerprint density at radius 2 is 1.23 bits per heavy atom. The fourth-order valence-electron chi connectivity index (χ4n) is 5.76. The zero-order chi connectivity index (χ0) is 22.3. The van der Waals surface area contributed by atoms with Crippen molar-refractivity contribution in [3.63, 3.8) is 0 Å². The van der Waals surface area contributed by atoms with Crippen molar-refractivity contribution in [3.8, 4) is 0 Å². The molecule has 0 aromatic heterocycles. The maximum absolute atomic E-state index is 2.57. The number of hydrogen-bond acceptors (Lipinski definition) is 0. The molecule has 0 amide bonds. The molecule has 2 heteroatoms. The Labute approximate surface area is 198 Å². The summed E-state index contributed by atoms with van der Waals surface area (Å²) >= 11 is -2.07. The molecule has 2 unspecified atom stereocenters. The van der Waals surface area contributed by atoms with Gasteiger partial charge in [0.05, 0.1) is 0 Å². The molecule has 31 heavy (non-hydrogen) atoms. The van der Waals surface area contributed by atoms with E-state index in [2.05, 4.69) is 97.0 Å². The van der Waals surface area contributed by atoms with Gasteiger partial charge in [-0.2, -0.15) is 0 Å². The van der Waals surface area contributed by atoms with Gasteiger partial charge in [0.15, 0.2) is 0 Å². The summed E-state index contributed by atoms with van der Waals surface area (Å²) in [5.41, 5.74) is 13.0. The van der Waals surface area contributed by atoms with Gasteiger partial charge in [-0.15, -0.1) is 0 Å². The van der Waals surface area contributed by atoms with Crippen molar-refractivity contribution in [3.05, 3.63) is 80.9 Å². The van der Waals surface area contributed by atoms with Gasteiger partial charge in [0, 0.05) is 0 Å². The Bertz CT molecular complexity index is 1000. The van der Waals surface area contributed by atoms with Gasteiger partial charge in [0.2, 0.25) is 0 Å². The molecule has 2 aliphatic carbocycles. The van der Waals surface area contributed by atoms with E-state index >= 15 is 0 Å². The number of fused-ring (bicyclic) bond motifs is 2. The van der Waals surface area contributed by atoms with Crippen LogP contribution in [0.2, 0.25) is 6.04 Å². The molecule has 0 aliphatic heterocycles. The van der Waals surface area contributed by atoms with Crippen molar-refractivity contribution in [2.75, 3.05) is 0 Å². The summed E-state index contributed by atoms with van der Waals surface area (Å²) in [6.07, 6.45) is 7.10. The fraction of sp³-hybridized carbons (Fsp3) is 0.448. The average Bonchev–Trinajstić information content (AvgIpc) is 3.24. The zero-order valence-electron chi connectivity index (χ0n) is 20.4. The molecule has 2 aromatic carbocycles. The van der Waals surface area contributed by atoms with Crippen molar-refractivity contribution in [1.29, 1.82) is 0 Å². The van der Waals surface area contributed by atoms with Gasteiger partial charge >= 0.3 is 199 Å². The van der Waals surface area contributed by atoms with Crippen LogP contribution in [0.15, 0.2) is 47.5 Å². The maximum atomic E-state index is 2.57. The third kappa shape index (κ3) is 4.20. The predicted octanol–water partition coefficient (Wildman–Crippen LogP) is 8.35. The van der Waals surface area contributed by atoms with E-state index in [1.807, 2.05) is 0 Å². The Balaban J connectivity index is 1.87. The second kappa shape index (κ2) is 9.47. The first-order chi connectivity index (χ1) is 14.8. The van der Waals surface area contributed by atoms with Crippen LogP contribution in [0.25, 0.3) is 12.2 Å². The SMILES string of the molecule is CCC[SiH]=[Hf]([CH]1C(C)=Cc2c(C(C)C)cccc21)[CH]1C(C)=Cc2c(C(C)C)cccc21. The normalized spacial score (nSPS) is 19.4. The van der Waals surface area contributed by atoms with Crippen molar-refractivity contribution in [1.82, 2.24) is 0 Å². The van der Waals surface area contributed by atoms with Crippen molar-refractivity contribution < 1.29 is 20.1 Å². The van der Waals surface area contributed by atoms with E-state index in [0.717, 1.165) is 7.35 Å². The molecule has 0 saturated carbocycles. The summed E-state index contributed by atoms with van der Waals surface area (Å²) in [5.74, 6) is 1.19. The van der Waals surface area contributed by atoms with Crippen LogP contribution in [0.1, 0.15) is 107 Å². The number of benzene rings is 2. The molecule has 0 bridgehead atoms. The Kier molecular flexibility index (Phi) is 7.08. The zero-order valence-corrected chi connectivity index (χ0v) is 25.2. The van der Waals surface area contributed by atoms with E-state index in [-0.39, 0.29) is 0 Å². The van der Waals surface area contributed by atoms with Crippen LogP contribution >= 0.6 is 0 Å². The Hall–Kier alpha value is -0.993. The summed E-state index contributed by atoms with van der Waals surface area (Å²) in [4.78, 5) is 0. The summed E-state index contributed by atoms with van der Waals surface area (Å²) in [6.45, 7) is 16.7. The molecule has 2 aromatic rings. The van der Waals surface area contributed by atoms with E-state index in [9.17, 15) is 0 Å². The van der Waals surface area contributed by atoms with Crippen molar-refractivity contribution in [2.24, 2.45) is 0 Å². The molecule has 2 atom stereocenters. The molecule has 162 valence electrons. The summed E-state index contributed by atoms with van der Waals surface area (Å²) in [7, 11) is 0. The van der Waals surface area contributed by atoms with Crippen LogP contribution in [-0.2, 0) is 20.1 Å². The molecule has 0 heterocycles. The number of hydrogen-bond donors (Lipinski definition) is 0. The third-order valence-corrected chi connectivity index (χ3v) is 32.5. The van der Waals surface area contributed by atoms with Crippen molar-refractivity contribution in [2.45, 2.75) is 80.1 Å². The van der Waals surface area contributed by atoms with Crippen LogP contribution in [0.5, 0.6) is 0 Å². The van der Waals surface area contributed by atoms with Gasteiger partial charge in [-0.05, 0) is 0 Å². The van der Waals surface area contributed by atoms with Crippen LogP contribution in [0.3, 0.4) is 0 Å². The average molecular weight is 593 g/mol. The molecule has 0 spiro atoms. The fourth-order valence-corrected chi connectivity index (χ4v) is 35.8. The molecule has 0 fully saturated rings. The first kappa shape index (κ1) is 23.2. The number of allylic oxidation sites excluding steroid dienone is 2. The van der Waals surface area contributed by atoms with Crippen LogP contribution in [0.4, 0.5) is 0 Å². The van der Waals surface area contributed by atoms with Crippen LogP contribution in [-0.4, -0.2) is 6.22 Å². The Morgan fingerprint density at radius 1 is 0.774 bits per heavy atom. The predicted molar refractivity (Wildman–Crippen MR) is 136 cm³/mol. The monoisotopic (exact) mass is 594 g/mol. The molecule has 0 saturated heterocycles. The van der Waals surface area contributed by atoms with E-state index in [1.54, 1.807) is 44.5 Å². The molecule has 4 rings (SSSR count). The molecule has 2 aliphatic rings. The summed E-state index contributed by atoms with van der Waals surface area (Å²) < 4.78 is 1.56. The summed E-state index contributed by atoms with van der Waals surface area (Å²) in [6, 6.07) is 15.9. The van der Waals surface area contributed by atoms with Gasteiger partial charge in [0.25, 0.3) is 0 Å². The molecule has 0 nitrogen and oxygen atoms in total. The molecular formula is C29H38HfSi. The van der Waals surface area contributed by atoms with Gasteiger partial charge in [0.1, 0.15) is 0 Å². The van der Waals surface area contributed by atoms with E-state index in [0.29, 0.717) is 18.1 Å². The minimum atomic E-state index is -2.07. The van der Waals surface area contributed by atoms with Gasteiger partial charge in [-0.3, -0.25) is 0 Å². The van der Waals surface area contributed by atoms with E-state index in [4.69, 9.17) is 0 Å². The minimum absolute atomic E-state index is 0.595. The van der Waals surface area contributed by atoms with Crippen LogP contribution in [0, 0.1) is 0 Å². The molecule has 0 radical (unpaired) electrons. The second-order valence-electron chi connectivity index (χ2n) is 10.1. The van der Waals surface area contributed by atoms with E-state index in [1.165, 1.54) is 12.5 Å². The van der Waals surface area contributed by atoms with Gasteiger partial charge in [-0.25, -0.2) is 0 Å². The summed E-state index contributed by atoms with van der Waals surface area (Å²) in [5, 5.41) is 0. The topological polar surface area (TPSA) is 0 Å². The Morgan fingerprint density at radius 3 is 1.61 bits per heavy atom. The number of rotatable bonds is 6. The first-order valence-electron chi connectivity index (χ1n) is 12.2. The van der Waals surface area contributed by atoms with Gasteiger partial charge < -0.3 is 0 Å².